The molecule has 1 aromatic rings. The van der Waals surface area contributed by atoms with Crippen molar-refractivity contribution in [1.29, 1.82) is 0 Å². The first-order valence-corrected chi connectivity index (χ1v) is 7.36. The van der Waals surface area contributed by atoms with Crippen LogP contribution in [0.2, 0.25) is 0 Å². The molecular weight excluding hydrogens is 264 g/mol. The molecule has 1 saturated heterocycles. The number of hydrogen-bond donors (Lipinski definition) is 1. The lowest BCUT2D eigenvalue weighted by Crippen LogP contribution is -2.56. The second-order valence-corrected chi connectivity index (χ2v) is 5.44. The summed E-state index contributed by atoms with van der Waals surface area (Å²) in [6, 6.07) is 5.78. The summed E-state index contributed by atoms with van der Waals surface area (Å²) in [6.45, 7) is 7.09. The first-order valence-electron chi connectivity index (χ1n) is 7.36. The highest BCUT2D eigenvalue weighted by atomic mass is 16.2. The first kappa shape index (κ1) is 15.3. The van der Waals surface area contributed by atoms with Gasteiger partial charge in [-0.1, -0.05) is 30.7 Å². The molecule has 0 aliphatic carbocycles. The maximum absolute atomic E-state index is 12.3. The lowest BCUT2D eigenvalue weighted by Gasteiger charge is -2.33. The molecule has 1 aliphatic rings. The van der Waals surface area contributed by atoms with Crippen LogP contribution in [0.4, 0.5) is 0 Å². The average Bonchev–Trinajstić information content (AvgIpc) is 2.45. The summed E-state index contributed by atoms with van der Waals surface area (Å²) in [5.74, 6) is -0.159. The zero-order chi connectivity index (χ0) is 15.4. The summed E-state index contributed by atoms with van der Waals surface area (Å²) in [7, 11) is 0. The van der Waals surface area contributed by atoms with Gasteiger partial charge < -0.3 is 10.2 Å². The molecule has 1 heterocycles. The molecule has 1 atom stereocenters. The largest absolute Gasteiger partial charge is 0.353 e. The van der Waals surface area contributed by atoms with Crippen molar-refractivity contribution in [2.24, 2.45) is 0 Å². The standard InChI is InChI=1S/C17H22N2O2/c1-4-15-17(21)18-9-10-19(15)16(20)8-7-14-6-5-12(2)11-13(14)3/h5-8,11,15H,4,9-10H2,1-3H3,(H,18,21). The van der Waals surface area contributed by atoms with Gasteiger partial charge in [-0.2, -0.15) is 0 Å². The van der Waals surface area contributed by atoms with Crippen molar-refractivity contribution in [3.63, 3.8) is 0 Å². The van der Waals surface area contributed by atoms with E-state index in [1.165, 1.54) is 5.56 Å². The van der Waals surface area contributed by atoms with E-state index in [4.69, 9.17) is 0 Å². The molecule has 0 aromatic heterocycles. The minimum atomic E-state index is -0.352. The van der Waals surface area contributed by atoms with E-state index < -0.39 is 0 Å². The molecule has 0 radical (unpaired) electrons. The Morgan fingerprint density at radius 2 is 2.19 bits per heavy atom. The molecule has 1 aliphatic heterocycles. The van der Waals surface area contributed by atoms with Gasteiger partial charge in [0.1, 0.15) is 6.04 Å². The number of carbonyl (C=O) groups excluding carboxylic acids is 2. The van der Waals surface area contributed by atoms with E-state index in [1.54, 1.807) is 11.0 Å². The predicted octanol–water partition coefficient (Wildman–Crippen LogP) is 2.05. The number of benzene rings is 1. The Bertz CT molecular complexity index is 578. The SMILES string of the molecule is CCC1C(=O)NCCN1C(=O)C=Cc1ccc(C)cc1C. The molecule has 4 nitrogen and oxygen atoms in total. The van der Waals surface area contributed by atoms with Crippen molar-refractivity contribution < 1.29 is 9.59 Å². The van der Waals surface area contributed by atoms with Crippen LogP contribution in [0.5, 0.6) is 0 Å². The van der Waals surface area contributed by atoms with E-state index in [0.717, 1.165) is 11.1 Å². The fourth-order valence-electron chi connectivity index (χ4n) is 2.65. The number of nitrogens with zero attached hydrogens (tertiary/aromatic N) is 1. The van der Waals surface area contributed by atoms with Crippen LogP contribution in [0.25, 0.3) is 6.08 Å². The minimum absolute atomic E-state index is 0.0583. The Morgan fingerprint density at radius 1 is 1.43 bits per heavy atom. The van der Waals surface area contributed by atoms with Crippen LogP contribution in [0.1, 0.15) is 30.0 Å². The number of piperazine rings is 1. The first-order chi connectivity index (χ1) is 10.0. The number of hydrogen-bond acceptors (Lipinski definition) is 2. The number of aryl methyl sites for hydroxylation is 2. The van der Waals surface area contributed by atoms with Crippen LogP contribution in [0, 0.1) is 13.8 Å². The summed E-state index contributed by atoms with van der Waals surface area (Å²) in [5.41, 5.74) is 3.38. The molecule has 1 aromatic carbocycles. The highest BCUT2D eigenvalue weighted by molar-refractivity contribution is 5.96. The van der Waals surface area contributed by atoms with Crippen LogP contribution in [0.3, 0.4) is 0 Å². The summed E-state index contributed by atoms with van der Waals surface area (Å²) < 4.78 is 0. The minimum Gasteiger partial charge on any atom is -0.353 e. The third-order valence-electron chi connectivity index (χ3n) is 3.83. The number of rotatable bonds is 3. The molecular formula is C17H22N2O2. The van der Waals surface area contributed by atoms with Crippen molar-refractivity contribution in [2.75, 3.05) is 13.1 Å². The van der Waals surface area contributed by atoms with Crippen molar-refractivity contribution in [2.45, 2.75) is 33.2 Å². The molecule has 0 spiro atoms. The molecule has 112 valence electrons. The fraction of sp³-hybridized carbons (Fsp3) is 0.412. The molecule has 0 saturated carbocycles. The summed E-state index contributed by atoms with van der Waals surface area (Å²) in [6.07, 6.45) is 4.03. The van der Waals surface area contributed by atoms with E-state index in [9.17, 15) is 9.59 Å². The Hall–Kier alpha value is -2.10. The van der Waals surface area contributed by atoms with Gasteiger partial charge in [0.05, 0.1) is 0 Å². The van der Waals surface area contributed by atoms with Crippen LogP contribution in [-0.2, 0) is 9.59 Å². The van der Waals surface area contributed by atoms with Crippen LogP contribution in [0.15, 0.2) is 24.3 Å². The fourth-order valence-corrected chi connectivity index (χ4v) is 2.65. The van der Waals surface area contributed by atoms with Gasteiger partial charge in [-0.05, 0) is 37.5 Å². The van der Waals surface area contributed by atoms with E-state index in [0.29, 0.717) is 19.5 Å². The Kier molecular flexibility index (Phi) is 4.78. The third kappa shape index (κ3) is 3.51. The summed E-state index contributed by atoms with van der Waals surface area (Å²) in [5, 5.41) is 2.80. The van der Waals surface area contributed by atoms with Crippen molar-refractivity contribution in [1.82, 2.24) is 10.2 Å². The van der Waals surface area contributed by atoms with Crippen molar-refractivity contribution in [3.05, 3.63) is 41.0 Å². The maximum Gasteiger partial charge on any atom is 0.247 e. The molecule has 2 amide bonds. The van der Waals surface area contributed by atoms with E-state index in [1.807, 2.05) is 39.0 Å². The van der Waals surface area contributed by atoms with Gasteiger partial charge >= 0.3 is 0 Å². The lowest BCUT2D eigenvalue weighted by molar-refractivity contribution is -0.140. The topological polar surface area (TPSA) is 49.4 Å². The van der Waals surface area contributed by atoms with Gasteiger partial charge in [0.15, 0.2) is 0 Å². The van der Waals surface area contributed by atoms with Gasteiger partial charge in [-0.3, -0.25) is 9.59 Å². The van der Waals surface area contributed by atoms with Gasteiger partial charge in [0, 0.05) is 19.2 Å². The highest BCUT2D eigenvalue weighted by Gasteiger charge is 2.30. The second kappa shape index (κ2) is 6.57. The van der Waals surface area contributed by atoms with Crippen molar-refractivity contribution >= 4 is 17.9 Å². The van der Waals surface area contributed by atoms with E-state index in [2.05, 4.69) is 11.4 Å². The van der Waals surface area contributed by atoms with Gasteiger partial charge in [0.25, 0.3) is 0 Å². The Balaban J connectivity index is 2.12. The molecule has 0 bridgehead atoms. The highest BCUT2D eigenvalue weighted by Crippen LogP contribution is 2.14. The van der Waals surface area contributed by atoms with Crippen LogP contribution >= 0.6 is 0 Å². The second-order valence-electron chi connectivity index (χ2n) is 5.44. The quantitative estimate of drug-likeness (QED) is 0.865. The van der Waals surface area contributed by atoms with Gasteiger partial charge in [-0.15, -0.1) is 0 Å². The zero-order valence-electron chi connectivity index (χ0n) is 12.8. The Morgan fingerprint density at radius 3 is 2.86 bits per heavy atom. The smallest absolute Gasteiger partial charge is 0.247 e. The van der Waals surface area contributed by atoms with Crippen LogP contribution < -0.4 is 5.32 Å². The number of amides is 2. The number of nitrogens with one attached hydrogen (secondary N) is 1. The van der Waals surface area contributed by atoms with Gasteiger partial charge in [0.2, 0.25) is 11.8 Å². The van der Waals surface area contributed by atoms with Gasteiger partial charge in [-0.25, -0.2) is 0 Å². The zero-order valence-corrected chi connectivity index (χ0v) is 12.8. The normalized spacial score (nSPS) is 18.9. The number of carbonyl (C=O) groups is 2. The van der Waals surface area contributed by atoms with Crippen molar-refractivity contribution in [3.8, 4) is 0 Å². The van der Waals surface area contributed by atoms with E-state index >= 15 is 0 Å². The lowest BCUT2D eigenvalue weighted by atomic mass is 10.0. The molecule has 1 fully saturated rings. The molecule has 1 N–H and O–H groups in total. The molecule has 1 unspecified atom stereocenters. The predicted molar refractivity (Wildman–Crippen MR) is 83.8 cm³/mol. The maximum atomic E-state index is 12.3. The molecule has 2 rings (SSSR count). The molecule has 21 heavy (non-hydrogen) atoms. The summed E-state index contributed by atoms with van der Waals surface area (Å²) >= 11 is 0. The average molecular weight is 286 g/mol. The van der Waals surface area contributed by atoms with Crippen LogP contribution in [-0.4, -0.2) is 35.8 Å². The van der Waals surface area contributed by atoms with E-state index in [-0.39, 0.29) is 17.9 Å². The monoisotopic (exact) mass is 286 g/mol. The Labute approximate surface area is 125 Å². The summed E-state index contributed by atoms with van der Waals surface area (Å²) in [4.78, 5) is 25.8. The third-order valence-corrected chi connectivity index (χ3v) is 3.83. The molecule has 4 heteroatoms.